The number of carbonyl (C=O) groups is 1. The second-order valence-corrected chi connectivity index (χ2v) is 1.85. The minimum atomic E-state index is -1.21. The van der Waals surface area contributed by atoms with Crippen LogP contribution in [0.5, 0.6) is 0 Å². The second-order valence-electron chi connectivity index (χ2n) is 1.85. The van der Waals surface area contributed by atoms with Crippen molar-refractivity contribution in [2.75, 3.05) is 0 Å². The Morgan fingerprint density at radius 3 is 2.00 bits per heavy atom. The van der Waals surface area contributed by atoms with Gasteiger partial charge >= 0.3 is 0 Å². The van der Waals surface area contributed by atoms with Crippen LogP contribution >= 0.6 is 0 Å². The lowest BCUT2D eigenvalue weighted by Crippen LogP contribution is -2.35. The van der Waals surface area contributed by atoms with Gasteiger partial charge in [-0.1, -0.05) is 6.92 Å². The molecular weight excluding hydrogens is 108 g/mol. The molecule has 0 saturated carbocycles. The van der Waals surface area contributed by atoms with Crippen molar-refractivity contribution in [2.24, 2.45) is 5.92 Å². The molecular formula is C5H9O3-. The lowest BCUT2D eigenvalue weighted by molar-refractivity contribution is -0.313. The number of carboxylic acids is 1. The van der Waals surface area contributed by atoms with Crippen LogP contribution in [0, 0.1) is 5.92 Å². The van der Waals surface area contributed by atoms with Crippen LogP contribution < -0.4 is 5.11 Å². The Kier molecular flexibility index (Phi) is 2.48. The zero-order valence-electron chi connectivity index (χ0n) is 4.92. The third-order valence-electron chi connectivity index (χ3n) is 1.10. The third-order valence-corrected chi connectivity index (χ3v) is 1.10. The quantitative estimate of drug-likeness (QED) is 0.491. The van der Waals surface area contributed by atoms with E-state index in [0.29, 0.717) is 0 Å². The molecule has 0 bridgehead atoms. The smallest absolute Gasteiger partial charge is 0.0589 e. The van der Waals surface area contributed by atoms with Crippen molar-refractivity contribution < 1.29 is 15.0 Å². The zero-order valence-corrected chi connectivity index (χ0v) is 4.92. The molecule has 0 saturated heterocycles. The van der Waals surface area contributed by atoms with Gasteiger partial charge in [-0.25, -0.2) is 0 Å². The molecule has 0 fully saturated rings. The summed E-state index contributed by atoms with van der Waals surface area (Å²) in [7, 11) is 0. The van der Waals surface area contributed by atoms with E-state index in [4.69, 9.17) is 5.11 Å². The van der Waals surface area contributed by atoms with Crippen molar-refractivity contribution in [2.45, 2.75) is 20.0 Å². The maximum Gasteiger partial charge on any atom is 0.0589 e. The van der Waals surface area contributed by atoms with Crippen LogP contribution in [-0.4, -0.2) is 17.2 Å². The Balaban J connectivity index is 3.64. The lowest BCUT2D eigenvalue weighted by atomic mass is 10.1. The molecule has 0 amide bonds. The highest BCUT2D eigenvalue weighted by Crippen LogP contribution is 1.98. The van der Waals surface area contributed by atoms with E-state index in [9.17, 15) is 9.90 Å². The summed E-state index contributed by atoms with van der Waals surface area (Å²) in [5, 5.41) is 18.4. The Bertz CT molecular complexity index is 87.7. The van der Waals surface area contributed by atoms with E-state index in [1.54, 1.807) is 0 Å². The first kappa shape index (κ1) is 7.43. The molecule has 0 aliphatic rings. The number of aliphatic hydroxyl groups is 1. The van der Waals surface area contributed by atoms with Gasteiger partial charge in [0.1, 0.15) is 0 Å². The van der Waals surface area contributed by atoms with Crippen LogP contribution in [0.4, 0.5) is 0 Å². The van der Waals surface area contributed by atoms with Crippen LogP contribution in [0.3, 0.4) is 0 Å². The molecule has 0 radical (unpaired) electrons. The van der Waals surface area contributed by atoms with E-state index in [1.165, 1.54) is 13.8 Å². The van der Waals surface area contributed by atoms with Gasteiger partial charge in [0.2, 0.25) is 0 Å². The Morgan fingerprint density at radius 2 is 2.00 bits per heavy atom. The summed E-state index contributed by atoms with van der Waals surface area (Å²) in [6.45, 7) is 2.82. The number of aliphatic hydroxyl groups excluding tert-OH is 1. The lowest BCUT2D eigenvalue weighted by Gasteiger charge is -2.14. The van der Waals surface area contributed by atoms with Crippen molar-refractivity contribution >= 4 is 5.97 Å². The number of carbonyl (C=O) groups excluding carboxylic acids is 1. The number of rotatable bonds is 2. The van der Waals surface area contributed by atoms with Gasteiger partial charge in [0.05, 0.1) is 6.10 Å². The first-order valence-corrected chi connectivity index (χ1v) is 2.44. The molecule has 8 heavy (non-hydrogen) atoms. The largest absolute Gasteiger partial charge is 0.550 e. The fourth-order valence-electron chi connectivity index (χ4n) is 0.197. The summed E-state index contributed by atoms with van der Waals surface area (Å²) in [6.07, 6.45) is -0.819. The van der Waals surface area contributed by atoms with Gasteiger partial charge in [-0.15, -0.1) is 0 Å². The van der Waals surface area contributed by atoms with Crippen LogP contribution in [0.1, 0.15) is 13.8 Å². The van der Waals surface area contributed by atoms with E-state index in [-0.39, 0.29) is 0 Å². The molecule has 48 valence electrons. The van der Waals surface area contributed by atoms with Gasteiger partial charge in [-0.3, -0.25) is 0 Å². The van der Waals surface area contributed by atoms with Crippen molar-refractivity contribution in [3.05, 3.63) is 0 Å². The van der Waals surface area contributed by atoms with Crippen LogP contribution in [-0.2, 0) is 4.79 Å². The number of carboxylic acid groups (broad SMARTS) is 1. The van der Waals surface area contributed by atoms with E-state index >= 15 is 0 Å². The average molecular weight is 117 g/mol. The minimum Gasteiger partial charge on any atom is -0.550 e. The summed E-state index contributed by atoms with van der Waals surface area (Å²) in [5.74, 6) is -1.98. The molecule has 0 rings (SSSR count). The van der Waals surface area contributed by atoms with Gasteiger partial charge in [0, 0.05) is 11.9 Å². The molecule has 2 unspecified atom stereocenters. The van der Waals surface area contributed by atoms with E-state index in [2.05, 4.69) is 0 Å². The summed E-state index contributed by atoms with van der Waals surface area (Å²) >= 11 is 0. The topological polar surface area (TPSA) is 60.4 Å². The van der Waals surface area contributed by atoms with Crippen molar-refractivity contribution in [3.63, 3.8) is 0 Å². The Hall–Kier alpha value is -0.570. The first-order valence-electron chi connectivity index (χ1n) is 2.44. The maximum atomic E-state index is 9.87. The number of aliphatic carboxylic acids is 1. The maximum absolute atomic E-state index is 9.87. The van der Waals surface area contributed by atoms with Gasteiger partial charge in [-0.05, 0) is 6.92 Å². The normalized spacial score (nSPS) is 17.4. The Morgan fingerprint density at radius 1 is 1.62 bits per heavy atom. The van der Waals surface area contributed by atoms with Crippen LogP contribution in [0.2, 0.25) is 0 Å². The third kappa shape index (κ3) is 1.93. The van der Waals surface area contributed by atoms with Gasteiger partial charge in [0.15, 0.2) is 0 Å². The standard InChI is InChI=1S/C5H10O3/c1-3(4(2)6)5(7)8/h3-4,6H,1-2H3,(H,7,8)/p-1. The second kappa shape index (κ2) is 2.67. The summed E-state index contributed by atoms with van der Waals surface area (Å²) in [4.78, 5) is 9.87. The molecule has 3 heteroatoms. The fraction of sp³-hybridized carbons (Fsp3) is 0.800. The van der Waals surface area contributed by atoms with Gasteiger partial charge < -0.3 is 15.0 Å². The molecule has 0 aliphatic heterocycles. The van der Waals surface area contributed by atoms with Crippen molar-refractivity contribution in [1.29, 1.82) is 0 Å². The summed E-state index contributed by atoms with van der Waals surface area (Å²) in [5.41, 5.74) is 0. The molecule has 1 N–H and O–H groups in total. The zero-order chi connectivity index (χ0) is 6.73. The van der Waals surface area contributed by atoms with Crippen LogP contribution in [0.15, 0.2) is 0 Å². The van der Waals surface area contributed by atoms with Crippen molar-refractivity contribution in [1.82, 2.24) is 0 Å². The average Bonchev–Trinajstić information content (AvgIpc) is 1.64. The monoisotopic (exact) mass is 117 g/mol. The molecule has 0 aromatic rings. The molecule has 3 nitrogen and oxygen atoms in total. The number of hydrogen-bond acceptors (Lipinski definition) is 3. The molecule has 0 spiro atoms. The highest BCUT2D eigenvalue weighted by molar-refractivity contribution is 5.67. The van der Waals surface area contributed by atoms with Crippen LogP contribution in [0.25, 0.3) is 0 Å². The highest BCUT2D eigenvalue weighted by Gasteiger charge is 2.07. The molecule has 0 aromatic heterocycles. The molecule has 0 heterocycles. The summed E-state index contributed by atoms with van der Waals surface area (Å²) < 4.78 is 0. The van der Waals surface area contributed by atoms with E-state index < -0.39 is 18.0 Å². The predicted octanol–water partition coefficient (Wildman–Crippen LogP) is -1.25. The fourth-order valence-corrected chi connectivity index (χ4v) is 0.197. The van der Waals surface area contributed by atoms with E-state index in [1.807, 2.05) is 0 Å². The number of hydrogen-bond donors (Lipinski definition) is 1. The van der Waals surface area contributed by atoms with E-state index in [0.717, 1.165) is 0 Å². The first-order chi connectivity index (χ1) is 3.55. The SMILES string of the molecule is CC(O)C(C)C(=O)[O-]. The van der Waals surface area contributed by atoms with Gasteiger partial charge in [-0.2, -0.15) is 0 Å². The van der Waals surface area contributed by atoms with Gasteiger partial charge in [0.25, 0.3) is 0 Å². The Labute approximate surface area is 47.9 Å². The molecule has 0 aromatic carbocycles. The van der Waals surface area contributed by atoms with Crippen molar-refractivity contribution in [3.8, 4) is 0 Å². The molecule has 0 aliphatic carbocycles. The predicted molar refractivity (Wildman–Crippen MR) is 25.9 cm³/mol. The summed E-state index contributed by atoms with van der Waals surface area (Å²) in [6, 6.07) is 0. The minimum absolute atomic E-state index is 0.769. The highest BCUT2D eigenvalue weighted by atomic mass is 16.4. The molecule has 2 atom stereocenters.